The average Bonchev–Trinajstić information content (AvgIpc) is 3.50. The van der Waals surface area contributed by atoms with E-state index in [-0.39, 0.29) is 17.8 Å². The molecule has 6 nitrogen and oxygen atoms in total. The summed E-state index contributed by atoms with van der Waals surface area (Å²) in [4.78, 5) is 21.2. The van der Waals surface area contributed by atoms with Gasteiger partial charge in [0.2, 0.25) is 0 Å². The normalized spacial score (nSPS) is 16.4. The topological polar surface area (TPSA) is 60.3 Å². The van der Waals surface area contributed by atoms with Crippen LogP contribution in [0.15, 0.2) is 73.1 Å². The third kappa shape index (κ3) is 3.87. The molecule has 8 heteroatoms. The van der Waals surface area contributed by atoms with Crippen LogP contribution in [0.4, 0.5) is 4.39 Å². The van der Waals surface area contributed by atoms with Crippen LogP contribution in [0, 0.1) is 5.82 Å². The number of rotatable bonds is 4. The molecule has 1 atom stereocenters. The molecule has 2 aromatic heterocycles. The number of carbonyl (C=O) groups is 1. The number of morpholine rings is 1. The number of para-hydroxylation sites is 1. The maximum absolute atomic E-state index is 13.4. The molecule has 156 valence electrons. The lowest BCUT2D eigenvalue weighted by Crippen LogP contribution is -2.44. The van der Waals surface area contributed by atoms with E-state index < -0.39 is 0 Å². The zero-order valence-electron chi connectivity index (χ0n) is 16.5. The van der Waals surface area contributed by atoms with Gasteiger partial charge in [0.15, 0.2) is 5.82 Å². The van der Waals surface area contributed by atoms with Gasteiger partial charge < -0.3 is 9.64 Å². The molecule has 4 aromatic rings. The summed E-state index contributed by atoms with van der Waals surface area (Å²) in [7, 11) is 0. The lowest BCUT2D eigenvalue weighted by Gasteiger charge is -2.34. The Kier molecular flexibility index (Phi) is 5.31. The molecular formula is C23H19FN4O2S. The number of benzene rings is 2. The highest BCUT2D eigenvalue weighted by molar-refractivity contribution is 7.17. The van der Waals surface area contributed by atoms with Gasteiger partial charge in [-0.05, 0) is 42.0 Å². The van der Waals surface area contributed by atoms with Crippen molar-refractivity contribution >= 4 is 17.2 Å². The minimum Gasteiger partial charge on any atom is -0.377 e. The molecule has 3 heterocycles. The Labute approximate surface area is 182 Å². The van der Waals surface area contributed by atoms with Crippen molar-refractivity contribution in [3.05, 3.63) is 89.6 Å². The Morgan fingerprint density at radius 2 is 1.87 bits per heavy atom. The first-order valence-electron chi connectivity index (χ1n) is 9.90. The molecule has 2 aromatic carbocycles. The molecule has 0 aliphatic carbocycles. The summed E-state index contributed by atoms with van der Waals surface area (Å²) < 4.78 is 20.7. The Hall–Kier alpha value is -3.36. The minimum absolute atomic E-state index is 0.0747. The number of aromatic nitrogens is 3. The monoisotopic (exact) mass is 434 g/mol. The van der Waals surface area contributed by atoms with E-state index in [1.54, 1.807) is 21.7 Å². The molecule has 1 saturated heterocycles. The fraction of sp³-hybridized carbons (Fsp3) is 0.174. The van der Waals surface area contributed by atoms with Crippen molar-refractivity contribution in [2.24, 2.45) is 0 Å². The van der Waals surface area contributed by atoms with Crippen LogP contribution >= 0.6 is 11.3 Å². The fourth-order valence-corrected chi connectivity index (χ4v) is 4.64. The van der Waals surface area contributed by atoms with Crippen molar-refractivity contribution in [3.8, 4) is 16.1 Å². The van der Waals surface area contributed by atoms with E-state index in [1.165, 1.54) is 29.8 Å². The highest BCUT2D eigenvalue weighted by Gasteiger charge is 2.33. The Bertz CT molecular complexity index is 1190. The van der Waals surface area contributed by atoms with Gasteiger partial charge in [-0.25, -0.2) is 14.1 Å². The molecule has 0 N–H and O–H groups in total. The van der Waals surface area contributed by atoms with Gasteiger partial charge in [-0.15, -0.1) is 11.3 Å². The van der Waals surface area contributed by atoms with Gasteiger partial charge in [0, 0.05) is 11.4 Å². The van der Waals surface area contributed by atoms with Gasteiger partial charge in [-0.1, -0.05) is 30.3 Å². The second kappa shape index (κ2) is 8.41. The van der Waals surface area contributed by atoms with E-state index in [9.17, 15) is 9.18 Å². The molecule has 0 radical (unpaired) electrons. The van der Waals surface area contributed by atoms with E-state index in [1.807, 2.05) is 42.5 Å². The van der Waals surface area contributed by atoms with Crippen LogP contribution in [0.3, 0.4) is 0 Å². The van der Waals surface area contributed by atoms with Crippen LogP contribution in [0.2, 0.25) is 0 Å². The van der Waals surface area contributed by atoms with Crippen molar-refractivity contribution < 1.29 is 13.9 Å². The average molecular weight is 434 g/mol. The first kappa shape index (κ1) is 19.6. The first-order chi connectivity index (χ1) is 15.2. The SMILES string of the molecule is O=C(c1ccc(-c2ccc(F)cc2)s1)N1CCOCC1c1ncnn1-c1ccccc1. The second-order valence-electron chi connectivity index (χ2n) is 7.13. The van der Waals surface area contributed by atoms with E-state index >= 15 is 0 Å². The van der Waals surface area contributed by atoms with E-state index in [4.69, 9.17) is 4.74 Å². The summed E-state index contributed by atoms with van der Waals surface area (Å²) in [6.07, 6.45) is 1.50. The predicted octanol–water partition coefficient (Wildman–Crippen LogP) is 4.35. The van der Waals surface area contributed by atoms with Crippen molar-refractivity contribution in [2.75, 3.05) is 19.8 Å². The van der Waals surface area contributed by atoms with Gasteiger partial charge in [0.05, 0.1) is 23.8 Å². The molecule has 0 saturated carbocycles. The smallest absolute Gasteiger partial charge is 0.264 e. The van der Waals surface area contributed by atoms with Crippen molar-refractivity contribution in [1.29, 1.82) is 0 Å². The second-order valence-corrected chi connectivity index (χ2v) is 8.21. The zero-order chi connectivity index (χ0) is 21.2. The number of hydrogen-bond acceptors (Lipinski definition) is 5. The van der Waals surface area contributed by atoms with Crippen molar-refractivity contribution in [1.82, 2.24) is 19.7 Å². The van der Waals surface area contributed by atoms with E-state index in [0.717, 1.165) is 16.1 Å². The van der Waals surface area contributed by atoms with Crippen molar-refractivity contribution in [2.45, 2.75) is 6.04 Å². The fourth-order valence-electron chi connectivity index (χ4n) is 3.67. The van der Waals surface area contributed by atoms with Gasteiger partial charge in [-0.2, -0.15) is 5.10 Å². The molecule has 1 unspecified atom stereocenters. The van der Waals surface area contributed by atoms with Crippen LogP contribution < -0.4 is 0 Å². The highest BCUT2D eigenvalue weighted by atomic mass is 32.1. The molecular weight excluding hydrogens is 415 g/mol. The number of thiophene rings is 1. The van der Waals surface area contributed by atoms with Crippen LogP contribution in [0.25, 0.3) is 16.1 Å². The largest absolute Gasteiger partial charge is 0.377 e. The highest BCUT2D eigenvalue weighted by Crippen LogP contribution is 2.32. The summed E-state index contributed by atoms with van der Waals surface area (Å²) in [5.74, 6) is 0.305. The minimum atomic E-state index is -0.347. The summed E-state index contributed by atoms with van der Waals surface area (Å²) >= 11 is 1.40. The molecule has 1 fully saturated rings. The molecule has 1 amide bonds. The molecule has 1 aliphatic heterocycles. The molecule has 31 heavy (non-hydrogen) atoms. The number of nitrogens with zero attached hydrogens (tertiary/aromatic N) is 4. The maximum atomic E-state index is 13.4. The molecule has 0 spiro atoms. The number of amides is 1. The Morgan fingerprint density at radius 3 is 2.68 bits per heavy atom. The lowest BCUT2D eigenvalue weighted by atomic mass is 10.2. The standard InChI is InChI=1S/C23H19FN4O2S/c24-17-8-6-16(7-9-17)20-10-11-21(31-20)23(29)27-12-13-30-14-19(27)22-25-15-26-28(22)18-4-2-1-3-5-18/h1-11,15,19H,12-14H2. The number of hydrogen-bond donors (Lipinski definition) is 0. The van der Waals surface area contributed by atoms with Crippen LogP contribution in [0.1, 0.15) is 21.5 Å². The lowest BCUT2D eigenvalue weighted by molar-refractivity contribution is -0.00553. The molecule has 1 aliphatic rings. The summed E-state index contributed by atoms with van der Waals surface area (Å²) in [6, 6.07) is 19.3. The third-order valence-corrected chi connectivity index (χ3v) is 6.33. The predicted molar refractivity (Wildman–Crippen MR) is 116 cm³/mol. The van der Waals surface area contributed by atoms with Crippen LogP contribution in [-0.4, -0.2) is 45.3 Å². The van der Waals surface area contributed by atoms with Gasteiger partial charge in [0.1, 0.15) is 18.2 Å². The van der Waals surface area contributed by atoms with E-state index in [0.29, 0.717) is 30.5 Å². The first-order valence-corrected chi connectivity index (χ1v) is 10.7. The van der Waals surface area contributed by atoms with Gasteiger partial charge >= 0.3 is 0 Å². The van der Waals surface area contributed by atoms with E-state index in [2.05, 4.69) is 10.1 Å². The van der Waals surface area contributed by atoms with Gasteiger partial charge in [0.25, 0.3) is 5.91 Å². The summed E-state index contributed by atoms with van der Waals surface area (Å²) in [5, 5.41) is 4.36. The quantitative estimate of drug-likeness (QED) is 0.479. The van der Waals surface area contributed by atoms with Gasteiger partial charge in [-0.3, -0.25) is 4.79 Å². The van der Waals surface area contributed by atoms with Crippen LogP contribution in [-0.2, 0) is 4.74 Å². The van der Waals surface area contributed by atoms with Crippen LogP contribution in [0.5, 0.6) is 0 Å². The molecule has 0 bridgehead atoms. The Morgan fingerprint density at radius 1 is 1.06 bits per heavy atom. The Balaban J connectivity index is 1.44. The number of ether oxygens (including phenoxy) is 1. The summed E-state index contributed by atoms with van der Waals surface area (Å²) in [5.41, 5.74) is 1.76. The third-order valence-electron chi connectivity index (χ3n) is 5.21. The number of carbonyl (C=O) groups excluding carboxylic acids is 1. The summed E-state index contributed by atoms with van der Waals surface area (Å²) in [6.45, 7) is 1.29. The molecule has 5 rings (SSSR count). The van der Waals surface area contributed by atoms with Crippen molar-refractivity contribution in [3.63, 3.8) is 0 Å². The zero-order valence-corrected chi connectivity index (χ0v) is 17.3. The number of halogens is 1. The maximum Gasteiger partial charge on any atom is 0.264 e.